The van der Waals surface area contributed by atoms with Crippen LogP contribution in [0.1, 0.15) is 12.0 Å². The molecular formula is C11H16N4O3S. The van der Waals surface area contributed by atoms with Crippen molar-refractivity contribution in [1.29, 1.82) is 0 Å². The van der Waals surface area contributed by atoms with Gasteiger partial charge in [-0.05, 0) is 18.6 Å². The summed E-state index contributed by atoms with van der Waals surface area (Å²) in [5.74, 6) is 0.947. The molecule has 8 heteroatoms. The van der Waals surface area contributed by atoms with E-state index in [2.05, 4.69) is 10.1 Å². The Morgan fingerprint density at radius 1 is 1.63 bits per heavy atom. The number of sulfone groups is 1. The predicted octanol–water partition coefficient (Wildman–Crippen LogP) is -0.201. The van der Waals surface area contributed by atoms with Gasteiger partial charge in [-0.15, -0.1) is 0 Å². The van der Waals surface area contributed by atoms with Gasteiger partial charge in [-0.25, -0.2) is 13.4 Å². The van der Waals surface area contributed by atoms with Crippen LogP contribution in [-0.4, -0.2) is 49.0 Å². The highest BCUT2D eigenvalue weighted by molar-refractivity contribution is 7.91. The van der Waals surface area contributed by atoms with Gasteiger partial charge in [0.2, 0.25) is 0 Å². The van der Waals surface area contributed by atoms with E-state index in [1.807, 2.05) is 4.90 Å². The van der Waals surface area contributed by atoms with E-state index >= 15 is 0 Å². The molecule has 0 bridgehead atoms. The van der Waals surface area contributed by atoms with E-state index in [1.54, 1.807) is 25.4 Å². The van der Waals surface area contributed by atoms with Crippen LogP contribution in [0.4, 0.5) is 5.82 Å². The average Bonchev–Trinajstić information content (AvgIpc) is 2.77. The number of aromatic nitrogens is 1. The summed E-state index contributed by atoms with van der Waals surface area (Å²) >= 11 is 0. The Kier molecular flexibility index (Phi) is 3.61. The highest BCUT2D eigenvalue weighted by Gasteiger charge is 2.31. The van der Waals surface area contributed by atoms with Crippen LogP contribution >= 0.6 is 0 Å². The second kappa shape index (κ2) is 5.04. The molecular weight excluding hydrogens is 268 g/mol. The van der Waals surface area contributed by atoms with Crippen LogP contribution in [0.5, 0.6) is 0 Å². The fraction of sp³-hybridized carbons (Fsp3) is 0.455. The van der Waals surface area contributed by atoms with Crippen molar-refractivity contribution in [3.63, 3.8) is 0 Å². The van der Waals surface area contributed by atoms with Gasteiger partial charge in [-0.2, -0.15) is 0 Å². The lowest BCUT2D eigenvalue weighted by Crippen LogP contribution is -2.33. The summed E-state index contributed by atoms with van der Waals surface area (Å²) in [6.45, 7) is 0. The van der Waals surface area contributed by atoms with E-state index in [9.17, 15) is 8.42 Å². The molecule has 1 saturated heterocycles. The SMILES string of the molecule is CN(c1cc(/C(N)=N/O)ccn1)C1CCS(=O)(=O)C1. The van der Waals surface area contributed by atoms with E-state index in [-0.39, 0.29) is 23.4 Å². The highest BCUT2D eigenvalue weighted by atomic mass is 32.2. The van der Waals surface area contributed by atoms with Crippen molar-refractivity contribution in [2.75, 3.05) is 23.5 Å². The zero-order chi connectivity index (χ0) is 14.0. The van der Waals surface area contributed by atoms with Crippen molar-refractivity contribution in [3.8, 4) is 0 Å². The fourth-order valence-corrected chi connectivity index (χ4v) is 3.87. The maximum Gasteiger partial charge on any atom is 0.170 e. The summed E-state index contributed by atoms with van der Waals surface area (Å²) in [6.07, 6.45) is 2.14. The molecule has 2 heterocycles. The van der Waals surface area contributed by atoms with Crippen molar-refractivity contribution in [1.82, 2.24) is 4.98 Å². The highest BCUT2D eigenvalue weighted by Crippen LogP contribution is 2.21. The lowest BCUT2D eigenvalue weighted by molar-refractivity contribution is 0.318. The first-order chi connectivity index (χ1) is 8.93. The van der Waals surface area contributed by atoms with Gasteiger partial charge in [0.15, 0.2) is 15.7 Å². The van der Waals surface area contributed by atoms with E-state index in [0.29, 0.717) is 17.8 Å². The van der Waals surface area contributed by atoms with Gasteiger partial charge >= 0.3 is 0 Å². The largest absolute Gasteiger partial charge is 0.409 e. The molecule has 2 rings (SSSR count). The Morgan fingerprint density at radius 3 is 2.95 bits per heavy atom. The van der Waals surface area contributed by atoms with Gasteiger partial charge in [-0.3, -0.25) is 0 Å². The van der Waals surface area contributed by atoms with Gasteiger partial charge in [0.1, 0.15) is 5.82 Å². The van der Waals surface area contributed by atoms with Crippen molar-refractivity contribution in [2.45, 2.75) is 12.5 Å². The molecule has 19 heavy (non-hydrogen) atoms. The van der Waals surface area contributed by atoms with E-state index in [0.717, 1.165) is 0 Å². The van der Waals surface area contributed by atoms with E-state index in [4.69, 9.17) is 10.9 Å². The van der Waals surface area contributed by atoms with Crippen molar-refractivity contribution < 1.29 is 13.6 Å². The van der Waals surface area contributed by atoms with Crippen LogP contribution in [0, 0.1) is 0 Å². The summed E-state index contributed by atoms with van der Waals surface area (Å²) < 4.78 is 23.0. The Balaban J connectivity index is 2.23. The number of amidine groups is 1. The maximum absolute atomic E-state index is 11.5. The zero-order valence-corrected chi connectivity index (χ0v) is 11.3. The van der Waals surface area contributed by atoms with Crippen molar-refractivity contribution >= 4 is 21.5 Å². The molecule has 104 valence electrons. The number of hydrogen-bond donors (Lipinski definition) is 2. The van der Waals surface area contributed by atoms with Gasteiger partial charge in [0.05, 0.1) is 11.5 Å². The molecule has 1 aliphatic rings. The third kappa shape index (κ3) is 2.95. The minimum absolute atomic E-state index is 0.00362. The number of rotatable bonds is 3. The molecule has 1 atom stereocenters. The molecule has 0 saturated carbocycles. The minimum atomic E-state index is -2.94. The molecule has 7 nitrogen and oxygen atoms in total. The number of nitrogens with two attached hydrogens (primary N) is 1. The van der Waals surface area contributed by atoms with Crippen LogP contribution in [0.15, 0.2) is 23.5 Å². The quantitative estimate of drug-likeness (QED) is 0.344. The zero-order valence-electron chi connectivity index (χ0n) is 10.5. The number of anilines is 1. The Morgan fingerprint density at radius 2 is 2.37 bits per heavy atom. The average molecular weight is 284 g/mol. The molecule has 0 amide bonds. The third-order valence-corrected chi connectivity index (χ3v) is 5.02. The first kappa shape index (κ1) is 13.6. The number of oxime groups is 1. The van der Waals surface area contributed by atoms with Gasteiger partial charge in [0, 0.05) is 24.8 Å². The van der Waals surface area contributed by atoms with Crippen LogP contribution in [-0.2, 0) is 9.84 Å². The second-order valence-electron chi connectivity index (χ2n) is 4.56. The first-order valence-electron chi connectivity index (χ1n) is 5.80. The van der Waals surface area contributed by atoms with Crippen LogP contribution < -0.4 is 10.6 Å². The minimum Gasteiger partial charge on any atom is -0.409 e. The molecule has 1 fully saturated rings. The monoisotopic (exact) mass is 284 g/mol. The summed E-state index contributed by atoms with van der Waals surface area (Å²) in [5.41, 5.74) is 6.06. The molecule has 1 unspecified atom stereocenters. The molecule has 0 aliphatic carbocycles. The third-order valence-electron chi connectivity index (χ3n) is 3.27. The number of hydrogen-bond acceptors (Lipinski definition) is 6. The second-order valence-corrected chi connectivity index (χ2v) is 6.78. The van der Waals surface area contributed by atoms with Gasteiger partial charge in [0.25, 0.3) is 0 Å². The summed E-state index contributed by atoms with van der Waals surface area (Å²) in [4.78, 5) is 6.01. The van der Waals surface area contributed by atoms with Crippen LogP contribution in [0.2, 0.25) is 0 Å². The van der Waals surface area contributed by atoms with E-state index in [1.165, 1.54) is 0 Å². The van der Waals surface area contributed by atoms with Gasteiger partial charge in [-0.1, -0.05) is 5.16 Å². The maximum atomic E-state index is 11.5. The predicted molar refractivity (Wildman–Crippen MR) is 72.2 cm³/mol. The summed E-state index contributed by atoms with van der Waals surface area (Å²) in [6, 6.07) is 3.21. The fourth-order valence-electron chi connectivity index (χ4n) is 2.10. The lowest BCUT2D eigenvalue weighted by Gasteiger charge is -2.24. The Labute approximate surface area is 111 Å². The summed E-state index contributed by atoms with van der Waals surface area (Å²) in [5, 5.41) is 11.6. The molecule has 3 N–H and O–H groups in total. The first-order valence-corrected chi connectivity index (χ1v) is 7.62. The number of nitrogens with zero attached hydrogens (tertiary/aromatic N) is 3. The van der Waals surface area contributed by atoms with Crippen LogP contribution in [0.3, 0.4) is 0 Å². The molecule has 1 aromatic rings. The molecule has 1 aliphatic heterocycles. The number of pyridine rings is 1. The molecule has 0 radical (unpaired) electrons. The van der Waals surface area contributed by atoms with E-state index < -0.39 is 9.84 Å². The summed E-state index contributed by atoms with van der Waals surface area (Å²) in [7, 11) is -1.14. The van der Waals surface area contributed by atoms with Gasteiger partial charge < -0.3 is 15.8 Å². The van der Waals surface area contributed by atoms with Crippen molar-refractivity contribution in [2.24, 2.45) is 10.9 Å². The standard InChI is InChI=1S/C11H16N4O3S/c1-15(9-3-5-19(17,18)7-9)10-6-8(2-4-13-10)11(12)14-16/h2,4,6,9,16H,3,5,7H2,1H3,(H2,12,14). The topological polar surface area (TPSA) is 109 Å². The molecule has 1 aromatic heterocycles. The van der Waals surface area contributed by atoms with Crippen molar-refractivity contribution in [3.05, 3.63) is 23.9 Å². The Bertz CT molecular complexity index is 600. The molecule has 0 aromatic carbocycles. The lowest BCUT2D eigenvalue weighted by atomic mass is 10.2. The smallest absolute Gasteiger partial charge is 0.170 e. The Hall–Kier alpha value is -1.83. The normalized spacial score (nSPS) is 22.4. The molecule has 0 spiro atoms. The van der Waals surface area contributed by atoms with Crippen LogP contribution in [0.25, 0.3) is 0 Å².